The molecule has 7 heteroatoms. The molecular weight excluding hydrogens is 442 g/mol. The third-order valence-corrected chi connectivity index (χ3v) is 7.05. The number of carbonyl (C=O) groups is 2. The van der Waals surface area contributed by atoms with Gasteiger partial charge in [-0.15, -0.1) is 0 Å². The molecule has 1 aliphatic heterocycles. The van der Waals surface area contributed by atoms with Crippen molar-refractivity contribution in [1.29, 1.82) is 0 Å². The average molecular weight is 490 g/mol. The molecule has 0 bridgehead atoms. The Morgan fingerprint density at radius 1 is 1.17 bits per heavy atom. The van der Waals surface area contributed by atoms with Crippen LogP contribution in [0, 0.1) is 5.92 Å². The second kappa shape index (κ2) is 15.2. The Hall–Kier alpha value is -1.96. The first-order chi connectivity index (χ1) is 16.7. The molecule has 7 nitrogen and oxygen atoms in total. The quantitative estimate of drug-likeness (QED) is 0.568. The number of aliphatic hydroxyl groups is 1. The molecule has 1 aromatic rings. The van der Waals surface area contributed by atoms with Crippen LogP contribution in [0.2, 0.25) is 0 Å². The number of nitrogens with zero attached hydrogens (tertiary/aromatic N) is 1. The van der Waals surface area contributed by atoms with Crippen LogP contribution >= 0.6 is 0 Å². The lowest BCUT2D eigenvalue weighted by molar-refractivity contribution is -0.139. The number of aliphatic hydroxyl groups excluding tert-OH is 1. The van der Waals surface area contributed by atoms with Crippen LogP contribution in [-0.4, -0.2) is 66.8 Å². The minimum atomic E-state index is -0.727. The van der Waals surface area contributed by atoms with Gasteiger partial charge in [-0.2, -0.15) is 0 Å². The topological polar surface area (TPSA) is 90.9 Å². The minimum Gasteiger partial charge on any atom is -0.390 e. The van der Waals surface area contributed by atoms with E-state index in [0.717, 1.165) is 25.7 Å². The van der Waals surface area contributed by atoms with Crippen molar-refractivity contribution in [1.82, 2.24) is 15.5 Å². The van der Waals surface area contributed by atoms with E-state index >= 15 is 0 Å². The summed E-state index contributed by atoms with van der Waals surface area (Å²) in [6.07, 6.45) is 4.42. The van der Waals surface area contributed by atoms with Gasteiger partial charge in [0, 0.05) is 26.7 Å². The van der Waals surface area contributed by atoms with Crippen molar-refractivity contribution in [3.8, 4) is 0 Å². The highest BCUT2D eigenvalue weighted by atomic mass is 16.5. The number of nitrogens with one attached hydrogen (secondary N) is 2. The number of likely N-dealkylation sites (N-methyl/N-ethyl adjacent to an activating group) is 1. The largest absolute Gasteiger partial charge is 0.390 e. The second-order valence-electron chi connectivity index (χ2n) is 10.4. The molecule has 0 spiro atoms. The summed E-state index contributed by atoms with van der Waals surface area (Å²) in [7, 11) is 1.65. The standard InChI is InChI=1S/C28H47N3O4/c1-20(2)24-12-9-11-23(17-24)18-29-19-26(32)25-16-21(3)10-7-6-8-14-35-15-13-27(33)31(5)22(4)28(34)30-25/h9,11-12,17,20-22,25-26,29,32H,6-8,10,13-16,18-19H2,1-5H3,(H,30,34)/t21-,22+,25+,26-/m1/s1. The predicted octanol–water partition coefficient (Wildman–Crippen LogP) is 3.60. The first-order valence-corrected chi connectivity index (χ1v) is 13.3. The van der Waals surface area contributed by atoms with Gasteiger partial charge < -0.3 is 25.4 Å². The molecule has 3 N–H and O–H groups in total. The van der Waals surface area contributed by atoms with Crippen molar-refractivity contribution in [3.63, 3.8) is 0 Å². The first-order valence-electron chi connectivity index (χ1n) is 13.3. The lowest BCUT2D eigenvalue weighted by Crippen LogP contribution is -2.54. The van der Waals surface area contributed by atoms with Gasteiger partial charge in [0.25, 0.3) is 0 Å². The molecule has 35 heavy (non-hydrogen) atoms. The number of ether oxygens (including phenoxy) is 1. The molecule has 0 aromatic heterocycles. The maximum Gasteiger partial charge on any atom is 0.242 e. The zero-order valence-electron chi connectivity index (χ0n) is 22.4. The maximum atomic E-state index is 13.0. The molecule has 1 saturated heterocycles. The fraction of sp³-hybridized carbons (Fsp3) is 0.714. The lowest BCUT2D eigenvalue weighted by atomic mass is 9.92. The van der Waals surface area contributed by atoms with Gasteiger partial charge in [-0.1, -0.05) is 64.3 Å². The molecule has 1 heterocycles. The van der Waals surface area contributed by atoms with Crippen LogP contribution in [0.15, 0.2) is 24.3 Å². The molecule has 0 aliphatic carbocycles. The summed E-state index contributed by atoms with van der Waals surface area (Å²) in [5, 5.41) is 17.5. The molecular formula is C28H47N3O4. The van der Waals surface area contributed by atoms with Gasteiger partial charge in [0.2, 0.25) is 11.8 Å². The van der Waals surface area contributed by atoms with E-state index in [1.54, 1.807) is 14.0 Å². The van der Waals surface area contributed by atoms with Gasteiger partial charge in [-0.3, -0.25) is 9.59 Å². The van der Waals surface area contributed by atoms with Crippen LogP contribution in [0.3, 0.4) is 0 Å². The molecule has 1 aromatic carbocycles. The van der Waals surface area contributed by atoms with Crippen molar-refractivity contribution >= 4 is 11.8 Å². The molecule has 0 unspecified atom stereocenters. The molecule has 198 valence electrons. The molecule has 0 radical (unpaired) electrons. The fourth-order valence-corrected chi connectivity index (χ4v) is 4.44. The van der Waals surface area contributed by atoms with Crippen LogP contribution in [0.5, 0.6) is 0 Å². The summed E-state index contributed by atoms with van der Waals surface area (Å²) >= 11 is 0. The number of carbonyl (C=O) groups excluding carboxylic acids is 2. The smallest absolute Gasteiger partial charge is 0.242 e. The van der Waals surface area contributed by atoms with E-state index < -0.39 is 12.1 Å². The Bertz CT molecular complexity index is 785. The molecule has 1 aliphatic rings. The molecule has 2 rings (SSSR count). The summed E-state index contributed by atoms with van der Waals surface area (Å²) in [6.45, 7) is 10.3. The highest BCUT2D eigenvalue weighted by molar-refractivity contribution is 5.87. The summed E-state index contributed by atoms with van der Waals surface area (Å²) in [5.74, 6) is 0.474. The Balaban J connectivity index is 2.02. The molecule has 0 saturated carbocycles. The Morgan fingerprint density at radius 3 is 2.69 bits per heavy atom. The van der Waals surface area contributed by atoms with E-state index in [9.17, 15) is 14.7 Å². The average Bonchev–Trinajstić information content (AvgIpc) is 2.83. The molecule has 2 amide bonds. The Morgan fingerprint density at radius 2 is 1.94 bits per heavy atom. The fourth-order valence-electron chi connectivity index (χ4n) is 4.44. The summed E-state index contributed by atoms with van der Waals surface area (Å²) < 4.78 is 5.59. The van der Waals surface area contributed by atoms with E-state index in [4.69, 9.17) is 4.74 Å². The molecule has 4 atom stereocenters. The van der Waals surface area contributed by atoms with Crippen LogP contribution in [0.1, 0.15) is 83.3 Å². The minimum absolute atomic E-state index is 0.115. The van der Waals surface area contributed by atoms with E-state index in [-0.39, 0.29) is 24.3 Å². The van der Waals surface area contributed by atoms with Crippen LogP contribution in [-0.2, 0) is 20.9 Å². The lowest BCUT2D eigenvalue weighted by Gasteiger charge is -2.31. The van der Waals surface area contributed by atoms with Gasteiger partial charge >= 0.3 is 0 Å². The number of benzene rings is 1. The van der Waals surface area contributed by atoms with E-state index in [2.05, 4.69) is 55.7 Å². The van der Waals surface area contributed by atoms with Gasteiger partial charge in [0.05, 0.1) is 25.2 Å². The predicted molar refractivity (Wildman–Crippen MR) is 140 cm³/mol. The Kier molecular flexibility index (Phi) is 12.7. The van der Waals surface area contributed by atoms with Gasteiger partial charge in [0.15, 0.2) is 0 Å². The Labute approximate surface area is 212 Å². The number of hydrogen-bond donors (Lipinski definition) is 3. The monoisotopic (exact) mass is 489 g/mol. The number of hydrogen-bond acceptors (Lipinski definition) is 5. The SMILES string of the molecule is CC(C)c1cccc(CNC[C@@H](O)[C@@H]2C[C@H](C)CCCCCOCCC(=O)N(C)[C@@H](C)C(=O)N2)c1. The first kappa shape index (κ1) is 29.3. The number of amides is 2. The van der Waals surface area contributed by atoms with Crippen LogP contribution in [0.4, 0.5) is 0 Å². The highest BCUT2D eigenvalue weighted by Gasteiger charge is 2.28. The third-order valence-electron chi connectivity index (χ3n) is 7.05. The van der Waals surface area contributed by atoms with Crippen molar-refractivity contribution in [2.45, 2.75) is 96.9 Å². The summed E-state index contributed by atoms with van der Waals surface area (Å²) in [4.78, 5) is 27.0. The normalized spacial score (nSPS) is 24.9. The van der Waals surface area contributed by atoms with Gasteiger partial charge in [-0.05, 0) is 42.7 Å². The maximum absolute atomic E-state index is 13.0. The van der Waals surface area contributed by atoms with Crippen molar-refractivity contribution in [2.75, 3.05) is 26.8 Å². The number of rotatable bonds is 6. The van der Waals surface area contributed by atoms with E-state index in [1.165, 1.54) is 16.0 Å². The molecule has 1 fully saturated rings. The third kappa shape index (κ3) is 10.3. The van der Waals surface area contributed by atoms with E-state index in [1.807, 2.05) is 0 Å². The van der Waals surface area contributed by atoms with Gasteiger partial charge in [0.1, 0.15) is 6.04 Å². The zero-order chi connectivity index (χ0) is 25.8. The summed E-state index contributed by atoms with van der Waals surface area (Å²) in [5.41, 5.74) is 2.47. The van der Waals surface area contributed by atoms with Crippen molar-refractivity contribution in [3.05, 3.63) is 35.4 Å². The van der Waals surface area contributed by atoms with Crippen molar-refractivity contribution in [2.24, 2.45) is 5.92 Å². The second-order valence-corrected chi connectivity index (χ2v) is 10.4. The summed E-state index contributed by atoms with van der Waals surface area (Å²) in [6, 6.07) is 7.48. The van der Waals surface area contributed by atoms with Crippen LogP contribution < -0.4 is 10.6 Å². The zero-order valence-corrected chi connectivity index (χ0v) is 22.4. The van der Waals surface area contributed by atoms with Crippen LogP contribution in [0.25, 0.3) is 0 Å². The van der Waals surface area contributed by atoms with E-state index in [0.29, 0.717) is 44.6 Å². The highest BCUT2D eigenvalue weighted by Crippen LogP contribution is 2.18. The van der Waals surface area contributed by atoms with Gasteiger partial charge in [-0.25, -0.2) is 0 Å². The van der Waals surface area contributed by atoms with Crippen molar-refractivity contribution < 1.29 is 19.4 Å².